The van der Waals surface area contributed by atoms with Crippen LogP contribution < -0.4 is 11.1 Å². The Labute approximate surface area is 160 Å². The molecule has 0 saturated carbocycles. The maximum Gasteiger partial charge on any atom is 0.260 e. The van der Waals surface area contributed by atoms with Gasteiger partial charge in [-0.1, -0.05) is 11.8 Å². The van der Waals surface area contributed by atoms with Gasteiger partial charge in [0.25, 0.3) is 11.1 Å². The minimum Gasteiger partial charge on any atom is -0.301 e. The van der Waals surface area contributed by atoms with Crippen LogP contribution in [0.1, 0.15) is 29.0 Å². The van der Waals surface area contributed by atoms with Crippen LogP contribution >= 0.6 is 34.4 Å². The Balaban J connectivity index is 1.47. The van der Waals surface area contributed by atoms with Crippen molar-refractivity contribution in [3.8, 4) is 0 Å². The maximum atomic E-state index is 12.6. The second-order valence-electron chi connectivity index (χ2n) is 6.19. The predicted molar refractivity (Wildman–Crippen MR) is 106 cm³/mol. The highest BCUT2D eigenvalue weighted by Gasteiger charge is 2.19. The number of hydrogen-bond acceptors (Lipinski definition) is 7. The summed E-state index contributed by atoms with van der Waals surface area (Å²) in [4.78, 5) is 39.5. The van der Waals surface area contributed by atoms with Crippen molar-refractivity contribution in [2.75, 3.05) is 0 Å². The van der Waals surface area contributed by atoms with Crippen molar-refractivity contribution < 1.29 is 0 Å². The van der Waals surface area contributed by atoms with E-state index >= 15 is 0 Å². The highest BCUT2D eigenvalue weighted by Crippen LogP contribution is 2.34. The quantitative estimate of drug-likeness (QED) is 0.420. The molecular formula is C17H14N4O2S3. The summed E-state index contributed by atoms with van der Waals surface area (Å²) in [6, 6.07) is 1.53. The normalized spacial score (nSPS) is 14.2. The second kappa shape index (κ2) is 6.33. The standard InChI is InChI=1S/C17H14N4O2S3/c22-12-7-9(18-17-21(12)5-6-24-17)8-25-16-19-14(23)13-10-3-1-2-4-11(10)26-15(13)20-16/h5-7H,1-4,8H2,(H,19,20,23). The number of nitrogens with zero attached hydrogens (tertiary/aromatic N) is 3. The van der Waals surface area contributed by atoms with Gasteiger partial charge in [-0.2, -0.15) is 0 Å². The molecule has 1 N–H and O–H groups in total. The zero-order valence-corrected chi connectivity index (χ0v) is 16.1. The molecule has 1 aliphatic carbocycles. The Morgan fingerprint density at radius 1 is 1.23 bits per heavy atom. The number of fused-ring (bicyclic) bond motifs is 4. The zero-order valence-electron chi connectivity index (χ0n) is 13.7. The number of aromatic nitrogens is 4. The van der Waals surface area contributed by atoms with Gasteiger partial charge in [0, 0.05) is 28.3 Å². The first-order valence-electron chi connectivity index (χ1n) is 8.32. The average Bonchev–Trinajstić information content (AvgIpc) is 3.24. The van der Waals surface area contributed by atoms with Gasteiger partial charge < -0.3 is 4.98 Å². The van der Waals surface area contributed by atoms with Gasteiger partial charge in [-0.15, -0.1) is 22.7 Å². The van der Waals surface area contributed by atoms with Crippen LogP contribution in [0, 0.1) is 0 Å². The van der Waals surface area contributed by atoms with Crippen LogP contribution in [0.3, 0.4) is 0 Å². The lowest BCUT2D eigenvalue weighted by Gasteiger charge is -2.09. The summed E-state index contributed by atoms with van der Waals surface area (Å²) in [6.45, 7) is 0. The Morgan fingerprint density at radius 3 is 3.04 bits per heavy atom. The van der Waals surface area contributed by atoms with E-state index in [0.29, 0.717) is 21.6 Å². The molecule has 0 saturated heterocycles. The summed E-state index contributed by atoms with van der Waals surface area (Å²) in [5.41, 5.74) is 1.74. The molecule has 9 heteroatoms. The molecule has 0 spiro atoms. The van der Waals surface area contributed by atoms with Crippen LogP contribution in [-0.4, -0.2) is 19.4 Å². The molecule has 0 radical (unpaired) electrons. The number of H-pyrrole nitrogens is 1. The second-order valence-corrected chi connectivity index (χ2v) is 9.11. The lowest BCUT2D eigenvalue weighted by Crippen LogP contribution is -2.13. The van der Waals surface area contributed by atoms with Crippen molar-refractivity contribution in [2.24, 2.45) is 0 Å². The maximum absolute atomic E-state index is 12.6. The van der Waals surface area contributed by atoms with Gasteiger partial charge in [-0.05, 0) is 31.2 Å². The summed E-state index contributed by atoms with van der Waals surface area (Å²) in [6.07, 6.45) is 6.07. The van der Waals surface area contributed by atoms with Gasteiger partial charge in [0.15, 0.2) is 10.1 Å². The molecule has 0 amide bonds. The summed E-state index contributed by atoms with van der Waals surface area (Å²) in [5, 5.41) is 3.19. The smallest absolute Gasteiger partial charge is 0.260 e. The van der Waals surface area contributed by atoms with Gasteiger partial charge in [0.05, 0.1) is 11.1 Å². The molecule has 6 nitrogen and oxygen atoms in total. The molecule has 132 valence electrons. The number of nitrogens with one attached hydrogen (secondary N) is 1. The van der Waals surface area contributed by atoms with Gasteiger partial charge in [-0.3, -0.25) is 14.0 Å². The molecular weight excluding hydrogens is 388 g/mol. The number of thioether (sulfide) groups is 1. The molecule has 4 heterocycles. The van der Waals surface area contributed by atoms with E-state index in [1.165, 1.54) is 50.4 Å². The molecule has 4 aromatic heterocycles. The third kappa shape index (κ3) is 2.70. The highest BCUT2D eigenvalue weighted by molar-refractivity contribution is 7.98. The Hall–Kier alpha value is -1.97. The fourth-order valence-corrected chi connectivity index (χ4v) is 6.13. The molecule has 0 atom stereocenters. The van der Waals surface area contributed by atoms with E-state index in [1.54, 1.807) is 17.5 Å². The number of thiazole rings is 1. The Morgan fingerprint density at radius 2 is 2.12 bits per heavy atom. The molecule has 26 heavy (non-hydrogen) atoms. The largest absolute Gasteiger partial charge is 0.301 e. The highest BCUT2D eigenvalue weighted by atomic mass is 32.2. The Bertz CT molecular complexity index is 1250. The van der Waals surface area contributed by atoms with Gasteiger partial charge in [0.1, 0.15) is 4.83 Å². The fourth-order valence-electron chi connectivity index (χ4n) is 3.32. The lowest BCUT2D eigenvalue weighted by molar-refractivity contribution is 0.700. The SMILES string of the molecule is O=c1[nH]c(SCc2cc(=O)n3ccsc3n2)nc2sc3c(c12)CCCC3. The van der Waals surface area contributed by atoms with Crippen molar-refractivity contribution in [1.82, 2.24) is 19.4 Å². The van der Waals surface area contributed by atoms with Crippen LogP contribution in [0.4, 0.5) is 0 Å². The minimum atomic E-state index is -0.0883. The summed E-state index contributed by atoms with van der Waals surface area (Å²) in [7, 11) is 0. The zero-order chi connectivity index (χ0) is 17.7. The predicted octanol–water partition coefficient (Wildman–Crippen LogP) is 3.23. The van der Waals surface area contributed by atoms with Crippen molar-refractivity contribution in [3.63, 3.8) is 0 Å². The van der Waals surface area contributed by atoms with E-state index in [9.17, 15) is 9.59 Å². The first kappa shape index (κ1) is 16.2. The van der Waals surface area contributed by atoms with Crippen LogP contribution in [0.25, 0.3) is 15.2 Å². The van der Waals surface area contributed by atoms with E-state index in [0.717, 1.165) is 29.5 Å². The van der Waals surface area contributed by atoms with Crippen LogP contribution in [0.15, 0.2) is 32.4 Å². The first-order chi connectivity index (χ1) is 12.7. The molecule has 0 unspecified atom stereocenters. The summed E-state index contributed by atoms with van der Waals surface area (Å²) in [5.74, 6) is 0.489. The fraction of sp³-hybridized carbons (Fsp3) is 0.294. The average molecular weight is 403 g/mol. The molecule has 0 fully saturated rings. The number of rotatable bonds is 3. The topological polar surface area (TPSA) is 80.1 Å². The number of hydrogen-bond donors (Lipinski definition) is 1. The van der Waals surface area contributed by atoms with Crippen molar-refractivity contribution >= 4 is 49.6 Å². The van der Waals surface area contributed by atoms with Crippen molar-refractivity contribution in [3.05, 3.63) is 54.5 Å². The molecule has 0 aliphatic heterocycles. The number of aryl methyl sites for hydroxylation is 2. The number of thiophene rings is 1. The molecule has 5 rings (SSSR count). The number of aromatic amines is 1. The third-order valence-corrected chi connectivity index (χ3v) is 7.37. The van der Waals surface area contributed by atoms with Crippen molar-refractivity contribution in [1.29, 1.82) is 0 Å². The first-order valence-corrected chi connectivity index (χ1v) is 11.0. The van der Waals surface area contributed by atoms with E-state index in [-0.39, 0.29) is 11.1 Å². The van der Waals surface area contributed by atoms with E-state index in [4.69, 9.17) is 0 Å². The van der Waals surface area contributed by atoms with Gasteiger partial charge >= 0.3 is 0 Å². The van der Waals surface area contributed by atoms with Crippen LogP contribution in [-0.2, 0) is 18.6 Å². The van der Waals surface area contributed by atoms with E-state index < -0.39 is 0 Å². The summed E-state index contributed by atoms with van der Waals surface area (Å²) >= 11 is 4.47. The molecule has 0 bridgehead atoms. The lowest BCUT2D eigenvalue weighted by atomic mass is 9.97. The van der Waals surface area contributed by atoms with Crippen LogP contribution in [0.5, 0.6) is 0 Å². The third-order valence-electron chi connectivity index (χ3n) is 4.52. The monoisotopic (exact) mass is 402 g/mol. The van der Waals surface area contributed by atoms with Gasteiger partial charge in [0.2, 0.25) is 0 Å². The Kier molecular flexibility index (Phi) is 3.95. The molecule has 0 aromatic carbocycles. The molecule has 1 aliphatic rings. The van der Waals surface area contributed by atoms with Gasteiger partial charge in [-0.25, -0.2) is 9.97 Å². The van der Waals surface area contributed by atoms with Crippen LogP contribution in [0.2, 0.25) is 0 Å². The summed E-state index contributed by atoms with van der Waals surface area (Å²) < 4.78 is 1.53. The molecule has 4 aromatic rings. The van der Waals surface area contributed by atoms with Crippen molar-refractivity contribution in [2.45, 2.75) is 36.6 Å². The van der Waals surface area contributed by atoms with E-state index in [1.807, 2.05) is 5.38 Å². The minimum absolute atomic E-state index is 0.0568. The van der Waals surface area contributed by atoms with E-state index in [2.05, 4.69) is 15.0 Å².